The molecule has 148 valence electrons. The molecule has 0 bridgehead atoms. The van der Waals surface area contributed by atoms with E-state index in [-0.39, 0.29) is 11.4 Å². The molecule has 1 heterocycles. The molecule has 0 unspecified atom stereocenters. The number of benzene rings is 1. The first-order chi connectivity index (χ1) is 12.3. The number of thioether (sulfide) groups is 1. The van der Waals surface area contributed by atoms with Crippen molar-refractivity contribution < 1.29 is 31.2 Å². The largest absolute Gasteiger partial charge is 0.446 e. The van der Waals surface area contributed by atoms with Crippen LogP contribution < -0.4 is 5.73 Å². The first-order valence-electron chi connectivity index (χ1n) is 6.62. The first-order valence-corrected chi connectivity index (χ1v) is 8.19. The number of rotatable bonds is 4. The van der Waals surface area contributed by atoms with Crippen molar-refractivity contribution in [3.05, 3.63) is 33.4 Å². The molecule has 27 heavy (non-hydrogen) atoms. The molecule has 2 rings (SSSR count). The van der Waals surface area contributed by atoms with Gasteiger partial charge in [-0.3, -0.25) is 0 Å². The van der Waals surface area contributed by atoms with Crippen LogP contribution in [-0.2, 0) is 11.0 Å². The summed E-state index contributed by atoms with van der Waals surface area (Å²) >= 11 is 11.1. The summed E-state index contributed by atoms with van der Waals surface area (Å²) < 4.78 is 77.6. The minimum absolute atomic E-state index is 0.315. The molecule has 0 saturated carbocycles. The summed E-state index contributed by atoms with van der Waals surface area (Å²) in [4.78, 5) is 3.85. The monoisotopic (exact) mass is 452 g/mol. The second-order valence-electron chi connectivity index (χ2n) is 4.76. The molecular weight excluding hydrogens is 445 g/mol. The van der Waals surface area contributed by atoms with Crippen molar-refractivity contribution in [3.63, 3.8) is 0 Å². The zero-order valence-corrected chi connectivity index (χ0v) is 15.3. The highest BCUT2D eigenvalue weighted by molar-refractivity contribution is 8.00. The van der Waals surface area contributed by atoms with Gasteiger partial charge >= 0.3 is 11.7 Å². The SMILES string of the molecule is CON=Cc1nn(-c2c(Cl)cc(C(F)(F)F)cc2Cl)c(N)c1SC(F)(F)F. The van der Waals surface area contributed by atoms with E-state index in [1.165, 1.54) is 0 Å². The first kappa shape index (κ1) is 21.5. The Kier molecular flexibility index (Phi) is 6.12. The van der Waals surface area contributed by atoms with Crippen molar-refractivity contribution in [2.75, 3.05) is 12.8 Å². The van der Waals surface area contributed by atoms with Crippen molar-refractivity contribution in [1.82, 2.24) is 9.78 Å². The smallest absolute Gasteiger partial charge is 0.399 e. The summed E-state index contributed by atoms with van der Waals surface area (Å²) in [6.45, 7) is 0. The molecule has 0 aliphatic rings. The highest BCUT2D eigenvalue weighted by Crippen LogP contribution is 2.44. The quantitative estimate of drug-likeness (QED) is 0.293. The Hall–Kier alpha value is -1.79. The topological polar surface area (TPSA) is 65.4 Å². The number of anilines is 1. The molecule has 2 aromatic rings. The molecule has 0 spiro atoms. The van der Waals surface area contributed by atoms with Crippen LogP contribution >= 0.6 is 35.0 Å². The molecule has 5 nitrogen and oxygen atoms in total. The molecule has 0 aliphatic carbocycles. The summed E-state index contributed by atoms with van der Waals surface area (Å²) in [6.07, 6.45) is -3.87. The van der Waals surface area contributed by atoms with E-state index in [0.29, 0.717) is 16.8 Å². The van der Waals surface area contributed by atoms with Gasteiger partial charge in [-0.2, -0.15) is 31.4 Å². The van der Waals surface area contributed by atoms with Gasteiger partial charge in [0.05, 0.1) is 26.7 Å². The lowest BCUT2D eigenvalue weighted by Crippen LogP contribution is -2.09. The van der Waals surface area contributed by atoms with E-state index in [1.54, 1.807) is 0 Å². The van der Waals surface area contributed by atoms with E-state index < -0.39 is 49.8 Å². The van der Waals surface area contributed by atoms with Gasteiger partial charge in [0.15, 0.2) is 0 Å². The van der Waals surface area contributed by atoms with Crippen LogP contribution in [0.5, 0.6) is 0 Å². The summed E-state index contributed by atoms with van der Waals surface area (Å²) in [5.41, 5.74) is -0.802. The van der Waals surface area contributed by atoms with Crippen molar-refractivity contribution >= 4 is 47.0 Å². The van der Waals surface area contributed by atoms with E-state index in [2.05, 4.69) is 15.1 Å². The lowest BCUT2D eigenvalue weighted by Gasteiger charge is -2.13. The molecule has 2 N–H and O–H groups in total. The van der Waals surface area contributed by atoms with Gasteiger partial charge in [0.1, 0.15) is 24.3 Å². The molecule has 0 saturated heterocycles. The Bertz CT molecular complexity index is 858. The molecule has 14 heteroatoms. The molecule has 0 radical (unpaired) electrons. The van der Waals surface area contributed by atoms with Crippen molar-refractivity contribution in [3.8, 4) is 5.69 Å². The lowest BCUT2D eigenvalue weighted by atomic mass is 10.2. The van der Waals surface area contributed by atoms with Crippen molar-refractivity contribution in [1.29, 1.82) is 0 Å². The standard InChI is InChI=1S/C13H8Cl2F6N4OS/c1-26-23-4-8-10(27-13(19,20)21)11(22)25(24-8)9-6(14)2-5(3-7(9)15)12(16,17)18/h2-4H,22H2,1H3. The van der Waals surface area contributed by atoms with Crippen LogP contribution in [0.2, 0.25) is 10.0 Å². The second kappa shape index (κ2) is 7.68. The van der Waals surface area contributed by atoms with Crippen LogP contribution in [-0.4, -0.2) is 28.6 Å². The average Bonchev–Trinajstić information content (AvgIpc) is 2.79. The number of hydrogen-bond acceptors (Lipinski definition) is 5. The Morgan fingerprint density at radius 2 is 1.74 bits per heavy atom. The van der Waals surface area contributed by atoms with E-state index in [4.69, 9.17) is 28.9 Å². The number of hydrogen-bond donors (Lipinski definition) is 1. The zero-order chi connectivity index (χ0) is 20.6. The molecule has 0 atom stereocenters. The Balaban J connectivity index is 2.67. The predicted octanol–water partition coefficient (Wildman–Crippen LogP) is 5.37. The Morgan fingerprint density at radius 1 is 1.19 bits per heavy atom. The normalized spacial score (nSPS) is 12.8. The van der Waals surface area contributed by atoms with Crippen LogP contribution in [0.3, 0.4) is 0 Å². The maximum atomic E-state index is 12.8. The van der Waals surface area contributed by atoms with E-state index >= 15 is 0 Å². The fourth-order valence-electron chi connectivity index (χ4n) is 1.94. The minimum atomic E-state index is -4.73. The van der Waals surface area contributed by atoms with Gasteiger partial charge in [0.25, 0.3) is 0 Å². The van der Waals surface area contributed by atoms with Gasteiger partial charge < -0.3 is 10.6 Å². The molecule has 0 fully saturated rings. The van der Waals surface area contributed by atoms with Crippen LogP contribution in [0.15, 0.2) is 22.2 Å². The summed E-state index contributed by atoms with van der Waals surface area (Å²) in [5.74, 6) is -0.543. The van der Waals surface area contributed by atoms with Crippen LogP contribution in [0.1, 0.15) is 11.3 Å². The van der Waals surface area contributed by atoms with Crippen LogP contribution in [0.4, 0.5) is 32.2 Å². The van der Waals surface area contributed by atoms with Gasteiger partial charge in [-0.05, 0) is 23.9 Å². The number of nitrogen functional groups attached to an aromatic ring is 1. The van der Waals surface area contributed by atoms with Gasteiger partial charge in [0, 0.05) is 0 Å². The minimum Gasteiger partial charge on any atom is -0.399 e. The third-order valence-electron chi connectivity index (χ3n) is 2.96. The number of nitrogens with two attached hydrogens (primary N) is 1. The summed E-state index contributed by atoms with van der Waals surface area (Å²) in [6, 6.07) is 1.12. The van der Waals surface area contributed by atoms with Gasteiger partial charge in [-0.15, -0.1) is 0 Å². The molecule has 0 aliphatic heterocycles. The summed E-state index contributed by atoms with van der Waals surface area (Å²) in [5, 5.41) is 6.10. The van der Waals surface area contributed by atoms with Gasteiger partial charge in [-0.25, -0.2) is 4.68 Å². The zero-order valence-electron chi connectivity index (χ0n) is 13.0. The predicted molar refractivity (Wildman–Crippen MR) is 89.5 cm³/mol. The van der Waals surface area contributed by atoms with E-state index in [9.17, 15) is 26.3 Å². The number of oxime groups is 1. The van der Waals surface area contributed by atoms with E-state index in [0.717, 1.165) is 13.3 Å². The Morgan fingerprint density at radius 3 is 2.19 bits per heavy atom. The molecule has 0 amide bonds. The second-order valence-corrected chi connectivity index (χ2v) is 6.65. The maximum Gasteiger partial charge on any atom is 0.446 e. The number of nitrogens with zero attached hydrogens (tertiary/aromatic N) is 3. The third kappa shape index (κ3) is 4.93. The number of aromatic nitrogens is 2. The van der Waals surface area contributed by atoms with Crippen LogP contribution in [0.25, 0.3) is 5.69 Å². The van der Waals surface area contributed by atoms with Crippen LogP contribution in [0, 0.1) is 0 Å². The van der Waals surface area contributed by atoms with Gasteiger partial charge in [0.2, 0.25) is 0 Å². The lowest BCUT2D eigenvalue weighted by molar-refractivity contribution is -0.137. The highest BCUT2D eigenvalue weighted by atomic mass is 35.5. The fourth-order valence-corrected chi connectivity index (χ4v) is 3.21. The maximum absolute atomic E-state index is 12.8. The average molecular weight is 453 g/mol. The number of halogens is 8. The Labute approximate surface area is 162 Å². The third-order valence-corrected chi connectivity index (χ3v) is 4.39. The van der Waals surface area contributed by atoms with E-state index in [1.807, 2.05) is 0 Å². The molecular formula is C13H8Cl2F6N4OS. The highest BCUT2D eigenvalue weighted by Gasteiger charge is 2.35. The van der Waals surface area contributed by atoms with Crippen molar-refractivity contribution in [2.24, 2.45) is 5.16 Å². The molecule has 1 aromatic carbocycles. The number of alkyl halides is 6. The fraction of sp³-hybridized carbons (Fsp3) is 0.231. The van der Waals surface area contributed by atoms with Gasteiger partial charge in [-0.1, -0.05) is 28.4 Å². The van der Waals surface area contributed by atoms with Crippen molar-refractivity contribution in [2.45, 2.75) is 16.6 Å². The summed E-state index contributed by atoms with van der Waals surface area (Å²) in [7, 11) is 1.15. The molecule has 1 aromatic heterocycles.